The predicted molar refractivity (Wildman–Crippen MR) is 38.8 cm³/mol. The molecule has 50 valence electrons. The van der Waals surface area contributed by atoms with Crippen molar-refractivity contribution in [1.82, 2.24) is 0 Å². The molecule has 0 radical (unpaired) electrons. The summed E-state index contributed by atoms with van der Waals surface area (Å²) in [5, 5.41) is 0. The van der Waals surface area contributed by atoms with Crippen molar-refractivity contribution in [3.63, 3.8) is 0 Å². The molecule has 9 heavy (non-hydrogen) atoms. The molecule has 9 heteroatoms. The van der Waals surface area contributed by atoms with Gasteiger partial charge in [-0.15, -0.1) is 0 Å². The van der Waals surface area contributed by atoms with Crippen molar-refractivity contribution in [2.45, 2.75) is 0 Å². The summed E-state index contributed by atoms with van der Waals surface area (Å²) in [6.45, 7) is 0. The second kappa shape index (κ2) is 10.9. The second-order valence-corrected chi connectivity index (χ2v) is 4.07. The Morgan fingerprint density at radius 1 is 1.22 bits per heavy atom. The van der Waals surface area contributed by atoms with E-state index in [2.05, 4.69) is 0 Å². The Kier molecular flexibility index (Phi) is 21.5. The van der Waals surface area contributed by atoms with Crippen LogP contribution in [0.4, 0.5) is 0 Å². The molecular formula is H3Cl2KMgO4S. The van der Waals surface area contributed by atoms with E-state index in [1.807, 2.05) is 0 Å². The summed E-state index contributed by atoms with van der Waals surface area (Å²) in [4.78, 5) is 0. The van der Waals surface area contributed by atoms with Crippen LogP contribution in [0.25, 0.3) is 0 Å². The molecule has 0 aromatic rings. The maximum absolute atomic E-state index is 8.74. The van der Waals surface area contributed by atoms with Gasteiger partial charge in [0.15, 0.2) is 0 Å². The Morgan fingerprint density at radius 3 is 1.22 bits per heavy atom. The van der Waals surface area contributed by atoms with Gasteiger partial charge in [0.05, 0.1) is 0 Å². The van der Waals surface area contributed by atoms with E-state index >= 15 is 0 Å². The molecule has 0 fully saturated rings. The Balaban J connectivity index is -0.0000000800. The van der Waals surface area contributed by atoms with E-state index in [9.17, 15) is 0 Å². The van der Waals surface area contributed by atoms with E-state index in [1.54, 1.807) is 0 Å². The zero-order chi connectivity index (χ0) is 7.21. The van der Waals surface area contributed by atoms with Crippen LogP contribution in [0.1, 0.15) is 0 Å². The van der Waals surface area contributed by atoms with Gasteiger partial charge in [-0.1, -0.05) is 0 Å². The monoisotopic (exact) mass is 232 g/mol. The molecule has 0 aromatic heterocycles. The van der Waals surface area contributed by atoms with Crippen LogP contribution in [0.15, 0.2) is 0 Å². The number of hydrogen-bond acceptors (Lipinski definition) is 2. The van der Waals surface area contributed by atoms with Crippen LogP contribution >= 0.6 is 18.1 Å². The summed E-state index contributed by atoms with van der Waals surface area (Å²) in [5.41, 5.74) is 0. The quantitative estimate of drug-likeness (QED) is 0.445. The van der Waals surface area contributed by atoms with Gasteiger partial charge in [0, 0.05) is 0 Å². The van der Waals surface area contributed by atoms with Gasteiger partial charge in [-0.3, -0.25) is 9.11 Å². The van der Waals surface area contributed by atoms with Crippen molar-refractivity contribution >= 4 is 98.1 Å². The minimum absolute atomic E-state index is 0. The van der Waals surface area contributed by atoms with Crippen molar-refractivity contribution in [2.24, 2.45) is 0 Å². The van der Waals surface area contributed by atoms with Gasteiger partial charge >= 0.3 is 79.9 Å². The first-order chi connectivity index (χ1) is 3.41. The van der Waals surface area contributed by atoms with Crippen LogP contribution in [0.2, 0.25) is 0 Å². The van der Waals surface area contributed by atoms with Crippen molar-refractivity contribution in [2.75, 3.05) is 0 Å². The standard InChI is InChI=1S/2ClH.K.Mg.H2O4S.H/c;;;;1-5(2,3)4;/h2*1H;;;(H2,1,2,3,4);/q;;;+2;;/p-2. The normalized spacial score (nSPS) is 7.56. The molecule has 0 spiro atoms. The van der Waals surface area contributed by atoms with Crippen LogP contribution in [-0.2, 0) is 10.4 Å². The molecule has 0 bridgehead atoms. The summed E-state index contributed by atoms with van der Waals surface area (Å²) in [7, 11) is 5.14. The maximum atomic E-state index is 8.74. The molecule has 2 N–H and O–H groups in total. The third-order valence-corrected chi connectivity index (χ3v) is 0. The Labute approximate surface area is 113 Å². The van der Waals surface area contributed by atoms with E-state index in [0.717, 1.165) is 0 Å². The first-order valence-corrected chi connectivity index (χ1v) is 6.91. The number of rotatable bonds is 0. The minimum atomic E-state index is -4.67. The van der Waals surface area contributed by atoms with Crippen LogP contribution in [0.3, 0.4) is 0 Å². The molecule has 0 aliphatic rings. The van der Waals surface area contributed by atoms with Crippen LogP contribution in [0.5, 0.6) is 0 Å². The second-order valence-electron chi connectivity index (χ2n) is 0.549. The van der Waals surface area contributed by atoms with E-state index < -0.39 is 28.6 Å². The van der Waals surface area contributed by atoms with Gasteiger partial charge in [0.1, 0.15) is 0 Å². The fourth-order valence-corrected chi connectivity index (χ4v) is 0. The third-order valence-electron chi connectivity index (χ3n) is 0. The van der Waals surface area contributed by atoms with Crippen molar-refractivity contribution in [3.8, 4) is 0 Å². The fourth-order valence-electron chi connectivity index (χ4n) is 0. The van der Waals surface area contributed by atoms with Gasteiger partial charge in [0.25, 0.3) is 0 Å². The van der Waals surface area contributed by atoms with Crippen LogP contribution < -0.4 is 0 Å². The Bertz CT molecular complexity index is 113. The zero-order valence-electron chi connectivity index (χ0n) is 3.58. The molecule has 0 aromatic carbocycles. The average Bonchev–Trinajstić information content (AvgIpc) is 1.27. The van der Waals surface area contributed by atoms with Crippen LogP contribution in [0, 0.1) is 0 Å². The summed E-state index contributed by atoms with van der Waals surface area (Å²) in [6, 6.07) is 0. The summed E-state index contributed by atoms with van der Waals surface area (Å²) >= 11 is -0.639. The predicted octanol–water partition coefficient (Wildman–Crippen LogP) is -0.303. The molecule has 0 aliphatic carbocycles. The molecule has 4 nitrogen and oxygen atoms in total. The summed E-state index contributed by atoms with van der Waals surface area (Å²) < 4.78 is 31.6. The summed E-state index contributed by atoms with van der Waals surface area (Å²) in [5.74, 6) is 0. The van der Waals surface area contributed by atoms with Gasteiger partial charge < -0.3 is 18.1 Å². The van der Waals surface area contributed by atoms with E-state index in [1.165, 1.54) is 0 Å². The molecule has 0 aliphatic heterocycles. The van der Waals surface area contributed by atoms with E-state index in [-0.39, 0.29) is 51.4 Å². The molecule has 0 unspecified atom stereocenters. The molecule has 0 amide bonds. The average molecular weight is 233 g/mol. The van der Waals surface area contributed by atoms with Crippen LogP contribution in [-0.4, -0.2) is 87.1 Å². The number of halogens is 2. The first-order valence-electron chi connectivity index (χ1n) is 1.23. The van der Waals surface area contributed by atoms with E-state index in [4.69, 9.17) is 35.7 Å². The topological polar surface area (TPSA) is 74.6 Å². The van der Waals surface area contributed by atoms with Crippen molar-refractivity contribution in [3.05, 3.63) is 0 Å². The van der Waals surface area contributed by atoms with E-state index in [0.29, 0.717) is 0 Å². The van der Waals surface area contributed by atoms with Gasteiger partial charge in [0.2, 0.25) is 0 Å². The fraction of sp³-hybridized carbons (Fsp3) is 0. The van der Waals surface area contributed by atoms with Gasteiger partial charge in [-0.2, -0.15) is 8.42 Å². The van der Waals surface area contributed by atoms with Gasteiger partial charge in [-0.05, 0) is 0 Å². The molecule has 0 heterocycles. The van der Waals surface area contributed by atoms with Crippen molar-refractivity contribution < 1.29 is 17.5 Å². The van der Waals surface area contributed by atoms with Gasteiger partial charge in [-0.25, -0.2) is 0 Å². The van der Waals surface area contributed by atoms with Crippen molar-refractivity contribution in [1.29, 1.82) is 0 Å². The SMILES string of the molecule is O=S(=O)(O)O.[Cl][Mg][Cl].[KH]. The molecular weight excluding hydrogens is 230 g/mol. The Morgan fingerprint density at radius 2 is 1.22 bits per heavy atom. The zero-order valence-corrected chi connectivity index (χ0v) is 7.32. The third kappa shape index (κ3) is 105. The number of hydrogen-bond donors (Lipinski definition) is 2. The summed E-state index contributed by atoms with van der Waals surface area (Å²) in [6.07, 6.45) is 0. The Hall–Kier alpha value is 2.85. The molecule has 0 saturated heterocycles. The molecule has 0 atom stereocenters. The first kappa shape index (κ1) is 17.8. The molecule has 0 saturated carbocycles. The molecule has 0 rings (SSSR count).